The Morgan fingerprint density at radius 1 is 0.967 bits per heavy atom. The quantitative estimate of drug-likeness (QED) is 0.515. The number of amides is 2. The highest BCUT2D eigenvalue weighted by Gasteiger charge is 2.45. The summed E-state index contributed by atoms with van der Waals surface area (Å²) in [4.78, 5) is 51.1. The molecule has 1 heterocycles. The van der Waals surface area contributed by atoms with Gasteiger partial charge in [-0.15, -0.1) is 0 Å². The molecular formula is C23H23NO6. The minimum Gasteiger partial charge on any atom is -0.465 e. The van der Waals surface area contributed by atoms with Crippen LogP contribution < -0.4 is 0 Å². The van der Waals surface area contributed by atoms with Crippen LogP contribution in [-0.4, -0.2) is 41.8 Å². The van der Waals surface area contributed by atoms with E-state index in [0.29, 0.717) is 28.7 Å². The van der Waals surface area contributed by atoms with Crippen LogP contribution in [0.5, 0.6) is 0 Å². The first-order chi connectivity index (χ1) is 14.4. The average molecular weight is 409 g/mol. The Balaban J connectivity index is 1.76. The van der Waals surface area contributed by atoms with Crippen LogP contribution in [0.1, 0.15) is 56.9 Å². The molecule has 1 aliphatic heterocycles. The topological polar surface area (TPSA) is 90.0 Å². The highest BCUT2D eigenvalue weighted by molar-refractivity contribution is 6.22. The standard InChI is InChI=1S/C23H23NO6/c1-4-14(2)19(24-20(25)17-7-5-6-8-18(17)21(24)26)23(28)30-13-15-9-11-16(12-10-15)22(27)29-3/h5-12,14,19H,4,13H2,1-3H3/t14-,19-/m0/s1. The number of hydrogen-bond donors (Lipinski definition) is 0. The highest BCUT2D eigenvalue weighted by atomic mass is 16.5. The Morgan fingerprint density at radius 2 is 1.53 bits per heavy atom. The van der Waals surface area contributed by atoms with Gasteiger partial charge in [-0.05, 0) is 35.7 Å². The molecule has 156 valence electrons. The lowest BCUT2D eigenvalue weighted by atomic mass is 9.97. The molecular weight excluding hydrogens is 386 g/mol. The van der Waals surface area contributed by atoms with E-state index in [1.54, 1.807) is 55.5 Å². The smallest absolute Gasteiger partial charge is 0.337 e. The SMILES string of the molecule is CC[C@H](C)[C@@H](C(=O)OCc1ccc(C(=O)OC)cc1)N1C(=O)c2ccccc2C1=O. The zero-order valence-electron chi connectivity index (χ0n) is 17.1. The molecule has 0 radical (unpaired) electrons. The summed E-state index contributed by atoms with van der Waals surface area (Å²) < 4.78 is 10.1. The Labute approximate surface area is 174 Å². The number of rotatable bonds is 7. The van der Waals surface area contributed by atoms with Crippen molar-refractivity contribution in [1.82, 2.24) is 4.90 Å². The van der Waals surface area contributed by atoms with Gasteiger partial charge in [0.25, 0.3) is 11.8 Å². The third-order valence-electron chi connectivity index (χ3n) is 5.28. The molecule has 0 fully saturated rings. The number of ether oxygens (including phenoxy) is 2. The lowest BCUT2D eigenvalue weighted by molar-refractivity contribution is -0.151. The fraction of sp³-hybridized carbons (Fsp3) is 0.304. The van der Waals surface area contributed by atoms with Crippen LogP contribution in [0.25, 0.3) is 0 Å². The van der Waals surface area contributed by atoms with E-state index < -0.39 is 29.8 Å². The van der Waals surface area contributed by atoms with Gasteiger partial charge in [-0.3, -0.25) is 14.5 Å². The fourth-order valence-electron chi connectivity index (χ4n) is 3.37. The van der Waals surface area contributed by atoms with Crippen molar-refractivity contribution in [2.24, 2.45) is 5.92 Å². The lowest BCUT2D eigenvalue weighted by Crippen LogP contribution is -2.49. The Morgan fingerprint density at radius 3 is 2.03 bits per heavy atom. The minimum atomic E-state index is -1.02. The van der Waals surface area contributed by atoms with Gasteiger partial charge in [-0.2, -0.15) is 0 Å². The number of esters is 2. The van der Waals surface area contributed by atoms with Crippen molar-refractivity contribution in [1.29, 1.82) is 0 Å². The Bertz CT molecular complexity index is 946. The minimum absolute atomic E-state index is 0.0452. The highest BCUT2D eigenvalue weighted by Crippen LogP contribution is 2.29. The maximum Gasteiger partial charge on any atom is 0.337 e. The van der Waals surface area contributed by atoms with Gasteiger partial charge < -0.3 is 9.47 Å². The van der Waals surface area contributed by atoms with Gasteiger partial charge in [-0.25, -0.2) is 9.59 Å². The van der Waals surface area contributed by atoms with Crippen molar-refractivity contribution in [3.8, 4) is 0 Å². The Hall–Kier alpha value is -3.48. The molecule has 7 nitrogen and oxygen atoms in total. The molecule has 2 amide bonds. The average Bonchev–Trinajstić information content (AvgIpc) is 3.03. The van der Waals surface area contributed by atoms with E-state index in [9.17, 15) is 19.2 Å². The number of carbonyl (C=O) groups excluding carboxylic acids is 4. The number of imide groups is 1. The zero-order chi connectivity index (χ0) is 21.8. The molecule has 2 atom stereocenters. The molecule has 0 saturated carbocycles. The van der Waals surface area contributed by atoms with E-state index in [1.165, 1.54) is 7.11 Å². The van der Waals surface area contributed by atoms with Crippen molar-refractivity contribution in [2.45, 2.75) is 32.9 Å². The summed E-state index contributed by atoms with van der Waals surface area (Å²) in [5.41, 5.74) is 1.64. The van der Waals surface area contributed by atoms with Gasteiger partial charge in [0.05, 0.1) is 23.8 Å². The summed E-state index contributed by atoms with van der Waals surface area (Å²) in [5, 5.41) is 0. The van der Waals surface area contributed by atoms with Gasteiger partial charge in [-0.1, -0.05) is 44.5 Å². The van der Waals surface area contributed by atoms with Crippen molar-refractivity contribution in [3.63, 3.8) is 0 Å². The predicted octanol–water partition coefficient (Wildman–Crippen LogP) is 3.23. The first kappa shape index (κ1) is 21.2. The molecule has 0 saturated heterocycles. The first-order valence-electron chi connectivity index (χ1n) is 9.69. The van der Waals surface area contributed by atoms with Gasteiger partial charge >= 0.3 is 11.9 Å². The summed E-state index contributed by atoms with van der Waals surface area (Å²) in [7, 11) is 1.30. The van der Waals surface area contributed by atoms with E-state index in [2.05, 4.69) is 4.74 Å². The molecule has 2 aromatic rings. The molecule has 1 aliphatic rings. The van der Waals surface area contributed by atoms with E-state index in [0.717, 1.165) is 4.90 Å². The van der Waals surface area contributed by atoms with Crippen LogP contribution >= 0.6 is 0 Å². The van der Waals surface area contributed by atoms with Gasteiger partial charge in [0.2, 0.25) is 0 Å². The number of methoxy groups -OCH3 is 1. The predicted molar refractivity (Wildman–Crippen MR) is 108 cm³/mol. The summed E-state index contributed by atoms with van der Waals surface area (Å²) >= 11 is 0. The lowest BCUT2D eigenvalue weighted by Gasteiger charge is -2.29. The van der Waals surface area contributed by atoms with Crippen molar-refractivity contribution < 1.29 is 28.7 Å². The molecule has 7 heteroatoms. The van der Waals surface area contributed by atoms with E-state index in [4.69, 9.17) is 4.74 Å². The van der Waals surface area contributed by atoms with Crippen LogP contribution in [0.15, 0.2) is 48.5 Å². The number of carbonyl (C=O) groups is 4. The summed E-state index contributed by atoms with van der Waals surface area (Å²) in [6.45, 7) is 3.64. The second kappa shape index (κ2) is 8.90. The molecule has 0 bridgehead atoms. The fourth-order valence-corrected chi connectivity index (χ4v) is 3.37. The number of fused-ring (bicyclic) bond motifs is 1. The number of nitrogens with zero attached hydrogens (tertiary/aromatic N) is 1. The molecule has 0 unspecified atom stereocenters. The maximum absolute atomic E-state index is 12.9. The van der Waals surface area contributed by atoms with Crippen molar-refractivity contribution in [2.75, 3.05) is 7.11 Å². The summed E-state index contributed by atoms with van der Waals surface area (Å²) in [6, 6.07) is 12.0. The summed E-state index contributed by atoms with van der Waals surface area (Å²) in [5.74, 6) is -2.35. The van der Waals surface area contributed by atoms with Crippen LogP contribution in [0, 0.1) is 5.92 Å². The van der Waals surface area contributed by atoms with Gasteiger partial charge in [0.15, 0.2) is 0 Å². The molecule has 30 heavy (non-hydrogen) atoms. The summed E-state index contributed by atoms with van der Waals surface area (Å²) in [6.07, 6.45) is 0.584. The van der Waals surface area contributed by atoms with Gasteiger partial charge in [0.1, 0.15) is 12.6 Å². The van der Waals surface area contributed by atoms with Crippen LogP contribution in [0.2, 0.25) is 0 Å². The molecule has 0 N–H and O–H groups in total. The second-order valence-electron chi connectivity index (χ2n) is 7.15. The largest absolute Gasteiger partial charge is 0.465 e. The van der Waals surface area contributed by atoms with E-state index in [-0.39, 0.29) is 12.5 Å². The molecule has 3 rings (SSSR count). The first-order valence-corrected chi connectivity index (χ1v) is 9.69. The third-order valence-corrected chi connectivity index (χ3v) is 5.28. The molecule has 0 aromatic heterocycles. The molecule has 0 aliphatic carbocycles. The zero-order valence-corrected chi connectivity index (χ0v) is 17.1. The maximum atomic E-state index is 12.9. The molecule has 2 aromatic carbocycles. The van der Waals surface area contributed by atoms with Crippen LogP contribution in [0.3, 0.4) is 0 Å². The Kier molecular flexibility index (Phi) is 6.30. The van der Waals surface area contributed by atoms with Crippen molar-refractivity contribution >= 4 is 23.8 Å². The van der Waals surface area contributed by atoms with E-state index in [1.807, 2.05) is 6.92 Å². The van der Waals surface area contributed by atoms with E-state index >= 15 is 0 Å². The number of benzene rings is 2. The van der Waals surface area contributed by atoms with Crippen LogP contribution in [-0.2, 0) is 20.9 Å². The number of hydrogen-bond acceptors (Lipinski definition) is 6. The van der Waals surface area contributed by atoms with Crippen molar-refractivity contribution in [3.05, 3.63) is 70.8 Å². The van der Waals surface area contributed by atoms with Crippen LogP contribution in [0.4, 0.5) is 0 Å². The molecule has 0 spiro atoms. The second-order valence-corrected chi connectivity index (χ2v) is 7.15. The van der Waals surface area contributed by atoms with Gasteiger partial charge in [0, 0.05) is 0 Å². The monoisotopic (exact) mass is 409 g/mol. The normalized spacial score (nSPS) is 14.8. The third kappa shape index (κ3) is 3.96.